The average molecular weight is 492 g/mol. The first-order valence-electron chi connectivity index (χ1n) is 9.39. The van der Waals surface area contributed by atoms with E-state index in [4.69, 9.17) is 14.2 Å². The van der Waals surface area contributed by atoms with E-state index in [1.807, 2.05) is 0 Å². The highest BCUT2D eigenvalue weighted by molar-refractivity contribution is 5.78. The van der Waals surface area contributed by atoms with Crippen LogP contribution in [0.3, 0.4) is 0 Å². The van der Waals surface area contributed by atoms with Gasteiger partial charge in [0.2, 0.25) is 0 Å². The molecule has 11 heteroatoms. The van der Waals surface area contributed by atoms with E-state index in [0.717, 1.165) is 36.4 Å². The predicted molar refractivity (Wildman–Crippen MR) is 109 cm³/mol. The number of rotatable bonds is 6. The summed E-state index contributed by atoms with van der Waals surface area (Å²) in [6.45, 7) is -1.21. The minimum absolute atomic E-state index is 0.184. The molecule has 0 radical (unpaired) electrons. The van der Waals surface area contributed by atoms with Crippen LogP contribution in [0.1, 0.15) is 11.1 Å². The molecule has 0 amide bonds. The molecule has 34 heavy (non-hydrogen) atoms. The van der Waals surface area contributed by atoms with Crippen molar-refractivity contribution in [1.82, 2.24) is 0 Å². The molecule has 0 N–H and O–H groups in total. The summed E-state index contributed by atoms with van der Waals surface area (Å²) in [5.74, 6) is -1.05. The molecule has 3 aromatic rings. The Balaban J connectivity index is 0.000000287. The summed E-state index contributed by atoms with van der Waals surface area (Å²) >= 11 is 0. The van der Waals surface area contributed by atoms with E-state index in [9.17, 15) is 30.9 Å². The molecule has 0 spiro atoms. The molecule has 0 unspecified atom stereocenters. The van der Waals surface area contributed by atoms with Crippen molar-refractivity contribution < 1.29 is 50.0 Å². The number of hydrogen-bond acceptors (Lipinski definition) is 4. The maximum Gasteiger partial charge on any atom is 0.416 e. The van der Waals surface area contributed by atoms with Gasteiger partial charge in [0, 0.05) is 16.7 Å². The quantitative estimate of drug-likeness (QED) is 0.344. The molecule has 0 heterocycles. The van der Waals surface area contributed by atoms with Gasteiger partial charge in [-0.1, -0.05) is 0 Å². The van der Waals surface area contributed by atoms with Crippen molar-refractivity contribution in [3.8, 4) is 34.1 Å². The minimum atomic E-state index is -4.39. The summed E-state index contributed by atoms with van der Waals surface area (Å²) in [5.41, 5.74) is -0.893. The molecule has 4 nitrogen and oxygen atoms in total. The van der Waals surface area contributed by atoms with Crippen LogP contribution >= 0.6 is 0 Å². The Labute approximate surface area is 190 Å². The smallest absolute Gasteiger partial charge is 0.416 e. The summed E-state index contributed by atoms with van der Waals surface area (Å²) in [6, 6.07) is 8.53. The normalized spacial score (nSPS) is 10.8. The standard InChI is InChI=1S/C16H15F3O3.C7H4F4O/c1-20-10-6-14(21-2)16(15(7-10)22-3)9-4-12(18)11(8-17)13(19)5-9;8-7(9,10)5-1-3-6(12-11)4-2-5/h4-7H,8H2,1-3H3;1-4H. The van der Waals surface area contributed by atoms with Crippen molar-refractivity contribution in [2.24, 2.45) is 0 Å². The summed E-state index contributed by atoms with van der Waals surface area (Å²) in [7, 11) is 4.31. The van der Waals surface area contributed by atoms with Crippen molar-refractivity contribution in [3.63, 3.8) is 0 Å². The van der Waals surface area contributed by atoms with Gasteiger partial charge in [-0.25, -0.2) is 13.2 Å². The molecule has 0 saturated carbocycles. The van der Waals surface area contributed by atoms with Gasteiger partial charge >= 0.3 is 6.18 Å². The largest absolute Gasteiger partial charge is 0.496 e. The van der Waals surface area contributed by atoms with Crippen LogP contribution < -0.4 is 19.2 Å². The van der Waals surface area contributed by atoms with E-state index in [0.29, 0.717) is 22.8 Å². The Bertz CT molecular complexity index is 1050. The van der Waals surface area contributed by atoms with Crippen molar-refractivity contribution >= 4 is 0 Å². The molecule has 3 aromatic carbocycles. The van der Waals surface area contributed by atoms with Crippen LogP contribution in [-0.4, -0.2) is 21.3 Å². The fourth-order valence-corrected chi connectivity index (χ4v) is 2.86. The van der Waals surface area contributed by atoms with Crippen LogP contribution in [0.15, 0.2) is 48.5 Å². The Morgan fingerprint density at radius 3 is 1.59 bits per heavy atom. The molecule has 3 rings (SSSR count). The van der Waals surface area contributed by atoms with Crippen molar-refractivity contribution in [2.45, 2.75) is 12.9 Å². The fraction of sp³-hybridized carbons (Fsp3) is 0.217. The molecule has 0 aliphatic heterocycles. The lowest BCUT2D eigenvalue weighted by Crippen LogP contribution is -2.03. The molecule has 0 fully saturated rings. The van der Waals surface area contributed by atoms with Gasteiger partial charge in [-0.05, 0) is 42.0 Å². The first kappa shape index (κ1) is 26.6. The Hall–Kier alpha value is -3.63. The van der Waals surface area contributed by atoms with Crippen molar-refractivity contribution in [3.05, 3.63) is 71.3 Å². The lowest BCUT2D eigenvalue weighted by molar-refractivity contribution is -0.137. The van der Waals surface area contributed by atoms with Crippen molar-refractivity contribution in [2.75, 3.05) is 21.3 Å². The highest BCUT2D eigenvalue weighted by Crippen LogP contribution is 2.42. The van der Waals surface area contributed by atoms with Gasteiger partial charge in [0.1, 0.15) is 35.6 Å². The summed E-state index contributed by atoms with van der Waals surface area (Å²) in [6.07, 6.45) is -4.39. The number of ether oxygens (including phenoxy) is 3. The molecule has 0 bridgehead atoms. The summed E-state index contributed by atoms with van der Waals surface area (Å²) < 4.78 is 103. The Kier molecular flexibility index (Phi) is 8.99. The zero-order valence-corrected chi connectivity index (χ0v) is 18.1. The van der Waals surface area contributed by atoms with Gasteiger partial charge in [-0.2, -0.15) is 13.2 Å². The summed E-state index contributed by atoms with van der Waals surface area (Å²) in [4.78, 5) is 3.21. The topological polar surface area (TPSA) is 36.9 Å². The van der Waals surface area contributed by atoms with E-state index in [1.54, 1.807) is 12.1 Å². The maximum atomic E-state index is 13.8. The minimum Gasteiger partial charge on any atom is -0.496 e. The first-order valence-corrected chi connectivity index (χ1v) is 9.39. The van der Waals surface area contributed by atoms with Crippen molar-refractivity contribution in [1.29, 1.82) is 0 Å². The molecular formula is C23H19F7O4. The molecular weight excluding hydrogens is 473 g/mol. The highest BCUT2D eigenvalue weighted by atomic mass is 19.4. The molecule has 0 aliphatic rings. The Morgan fingerprint density at radius 2 is 1.24 bits per heavy atom. The number of methoxy groups -OCH3 is 3. The van der Waals surface area contributed by atoms with Gasteiger partial charge < -0.3 is 14.2 Å². The second-order valence-corrected chi connectivity index (χ2v) is 6.56. The highest BCUT2D eigenvalue weighted by Gasteiger charge is 2.30. The second kappa shape index (κ2) is 11.5. The molecule has 0 atom stereocenters. The Morgan fingerprint density at radius 1 is 0.735 bits per heavy atom. The SMILES string of the molecule is COc1cc(OC)c(-c2cc(F)c(CF)c(F)c2)c(OC)c1.FOc1ccc(C(F)(F)F)cc1. The van der Waals surface area contributed by atoms with Gasteiger partial charge in [0.25, 0.3) is 0 Å². The maximum absolute atomic E-state index is 13.8. The molecule has 0 aromatic heterocycles. The van der Waals surface area contributed by atoms with Crippen LogP contribution in [-0.2, 0) is 12.9 Å². The lowest BCUT2D eigenvalue weighted by Gasteiger charge is -2.16. The van der Waals surface area contributed by atoms with E-state index >= 15 is 0 Å². The third-order valence-corrected chi connectivity index (χ3v) is 4.55. The first-order chi connectivity index (χ1) is 16.1. The molecule has 0 aliphatic carbocycles. The van der Waals surface area contributed by atoms with Crippen LogP contribution in [0.2, 0.25) is 0 Å². The zero-order chi connectivity index (χ0) is 25.5. The predicted octanol–water partition coefficient (Wildman–Crippen LogP) is 7.10. The fourth-order valence-electron chi connectivity index (χ4n) is 2.86. The lowest BCUT2D eigenvalue weighted by atomic mass is 10.0. The van der Waals surface area contributed by atoms with Gasteiger partial charge in [0.15, 0.2) is 5.75 Å². The average Bonchev–Trinajstić information content (AvgIpc) is 2.82. The number of hydrogen-bond donors (Lipinski definition) is 0. The second-order valence-electron chi connectivity index (χ2n) is 6.56. The van der Waals surface area contributed by atoms with Crippen LogP contribution in [0.5, 0.6) is 23.0 Å². The summed E-state index contributed by atoms with van der Waals surface area (Å²) in [5, 5.41) is 0. The number of halogens is 7. The van der Waals surface area contributed by atoms with E-state index in [-0.39, 0.29) is 11.3 Å². The molecule has 0 saturated heterocycles. The van der Waals surface area contributed by atoms with Crippen LogP contribution in [0, 0.1) is 11.6 Å². The van der Waals surface area contributed by atoms with E-state index in [2.05, 4.69) is 4.94 Å². The van der Waals surface area contributed by atoms with E-state index in [1.165, 1.54) is 21.3 Å². The van der Waals surface area contributed by atoms with Gasteiger partial charge in [0.05, 0.1) is 38.0 Å². The third-order valence-electron chi connectivity index (χ3n) is 4.55. The monoisotopic (exact) mass is 492 g/mol. The van der Waals surface area contributed by atoms with Crippen LogP contribution in [0.4, 0.5) is 30.9 Å². The van der Waals surface area contributed by atoms with Crippen LogP contribution in [0.25, 0.3) is 11.1 Å². The number of benzene rings is 3. The van der Waals surface area contributed by atoms with E-state index < -0.39 is 35.6 Å². The van der Waals surface area contributed by atoms with Gasteiger partial charge in [-0.3, -0.25) is 4.94 Å². The zero-order valence-electron chi connectivity index (χ0n) is 18.1. The molecule has 184 valence electrons. The number of alkyl halides is 4. The third kappa shape index (κ3) is 6.24. The van der Waals surface area contributed by atoms with Gasteiger partial charge in [-0.15, -0.1) is 0 Å².